The summed E-state index contributed by atoms with van der Waals surface area (Å²) in [5.74, 6) is -1.000. The van der Waals surface area contributed by atoms with Gasteiger partial charge in [0, 0.05) is 15.3 Å². The molecule has 0 aliphatic carbocycles. The summed E-state index contributed by atoms with van der Waals surface area (Å²) in [5.41, 5.74) is 0.620. The number of thiophene rings is 2. The molecule has 6 heteroatoms. The topological polar surface area (TPSA) is 26.3 Å². The number of esters is 1. The lowest BCUT2D eigenvalue weighted by Crippen LogP contribution is -2.07. The van der Waals surface area contributed by atoms with Gasteiger partial charge in [-0.25, -0.2) is 9.18 Å². The van der Waals surface area contributed by atoms with E-state index < -0.39 is 11.8 Å². The Hall–Kier alpha value is -1.95. The van der Waals surface area contributed by atoms with Crippen LogP contribution in [0.5, 0.6) is 0 Å². The highest BCUT2D eigenvalue weighted by Crippen LogP contribution is 2.27. The minimum atomic E-state index is -0.509. The molecule has 24 heavy (non-hydrogen) atoms. The first-order chi connectivity index (χ1) is 11.6. The largest absolute Gasteiger partial charge is 0.457 e. The first-order valence-corrected chi connectivity index (χ1v) is 9.18. The molecule has 0 bridgehead atoms. The van der Waals surface area contributed by atoms with E-state index in [-0.39, 0.29) is 17.2 Å². The van der Waals surface area contributed by atoms with E-state index in [1.165, 1.54) is 34.8 Å². The fraction of sp³-hybridized carbons (Fsp3) is 0.0556. The van der Waals surface area contributed by atoms with E-state index in [9.17, 15) is 9.18 Å². The molecule has 0 N–H and O–H groups in total. The number of hydrogen-bond acceptors (Lipinski definition) is 4. The lowest BCUT2D eigenvalue weighted by Gasteiger charge is -2.09. The Balaban J connectivity index is 1.82. The molecule has 122 valence electrons. The van der Waals surface area contributed by atoms with Crippen molar-refractivity contribution in [1.82, 2.24) is 0 Å². The van der Waals surface area contributed by atoms with Gasteiger partial charge in [0.15, 0.2) is 0 Å². The summed E-state index contributed by atoms with van der Waals surface area (Å²) >= 11 is 8.93. The third-order valence-corrected chi connectivity index (χ3v) is 5.32. The molecular formula is C18H12ClFO2S2. The van der Waals surface area contributed by atoms with Gasteiger partial charge in [-0.2, -0.15) is 0 Å². The van der Waals surface area contributed by atoms with Crippen LogP contribution in [0, 0.1) is 5.82 Å². The summed E-state index contributed by atoms with van der Waals surface area (Å²) in [4.78, 5) is 14.3. The molecule has 0 unspecified atom stereocenters. The molecule has 0 radical (unpaired) electrons. The fourth-order valence-corrected chi connectivity index (χ4v) is 3.67. The van der Waals surface area contributed by atoms with Crippen LogP contribution in [-0.4, -0.2) is 5.97 Å². The number of halogens is 2. The van der Waals surface area contributed by atoms with E-state index in [0.29, 0.717) is 5.57 Å². The summed E-state index contributed by atoms with van der Waals surface area (Å²) in [7, 11) is 0. The van der Waals surface area contributed by atoms with Gasteiger partial charge in [0.05, 0.1) is 10.6 Å². The Morgan fingerprint density at radius 2 is 1.92 bits per heavy atom. The third-order valence-electron chi connectivity index (χ3n) is 3.25. The highest BCUT2D eigenvalue weighted by molar-refractivity contribution is 7.12. The van der Waals surface area contributed by atoms with Crippen LogP contribution in [0.2, 0.25) is 5.02 Å². The van der Waals surface area contributed by atoms with Crippen LogP contribution in [0.1, 0.15) is 15.3 Å². The van der Waals surface area contributed by atoms with Crippen molar-refractivity contribution in [2.45, 2.75) is 6.61 Å². The predicted octanol–water partition coefficient (Wildman–Crippen LogP) is 5.89. The Bertz CT molecular complexity index is 835. The van der Waals surface area contributed by atoms with E-state index in [4.69, 9.17) is 16.3 Å². The van der Waals surface area contributed by atoms with Gasteiger partial charge in [-0.15, -0.1) is 22.7 Å². The second-order valence-electron chi connectivity index (χ2n) is 4.83. The Morgan fingerprint density at radius 1 is 1.12 bits per heavy atom. The van der Waals surface area contributed by atoms with Crippen LogP contribution in [0.25, 0.3) is 11.6 Å². The maximum atomic E-state index is 13.8. The van der Waals surface area contributed by atoms with E-state index in [0.717, 1.165) is 9.75 Å². The van der Waals surface area contributed by atoms with Crippen molar-refractivity contribution in [3.8, 4) is 0 Å². The highest BCUT2D eigenvalue weighted by Gasteiger charge is 2.17. The molecule has 2 nitrogen and oxygen atoms in total. The monoisotopic (exact) mass is 378 g/mol. The summed E-state index contributed by atoms with van der Waals surface area (Å²) < 4.78 is 19.1. The molecule has 0 aliphatic heterocycles. The zero-order valence-corrected chi connectivity index (χ0v) is 14.8. The Morgan fingerprint density at radius 3 is 2.58 bits per heavy atom. The van der Waals surface area contributed by atoms with Crippen LogP contribution in [-0.2, 0) is 16.1 Å². The minimum absolute atomic E-state index is 0.175. The summed E-state index contributed by atoms with van der Waals surface area (Å²) in [5, 5.41) is 4.06. The number of carbonyl (C=O) groups is 1. The van der Waals surface area contributed by atoms with Crippen molar-refractivity contribution in [3.63, 3.8) is 0 Å². The molecular weight excluding hydrogens is 367 g/mol. The summed E-state index contributed by atoms with van der Waals surface area (Å²) in [6.45, 7) is -0.211. The van der Waals surface area contributed by atoms with E-state index in [1.807, 2.05) is 35.0 Å². The maximum absolute atomic E-state index is 13.8. The first kappa shape index (κ1) is 16.9. The van der Waals surface area contributed by atoms with Crippen molar-refractivity contribution < 1.29 is 13.9 Å². The van der Waals surface area contributed by atoms with Crippen molar-refractivity contribution in [1.29, 1.82) is 0 Å². The fourth-order valence-electron chi connectivity index (χ4n) is 2.06. The van der Waals surface area contributed by atoms with Crippen LogP contribution in [0.15, 0.2) is 53.2 Å². The zero-order valence-electron chi connectivity index (χ0n) is 12.4. The van der Waals surface area contributed by atoms with Crippen molar-refractivity contribution in [2.24, 2.45) is 0 Å². The average Bonchev–Trinajstić information content (AvgIpc) is 3.25. The molecule has 2 heterocycles. The Labute approximate surface area is 151 Å². The SMILES string of the molecule is O=C(OCc1c(F)cccc1Cl)/C(=C/c1cccs1)c1cccs1. The number of rotatable bonds is 5. The lowest BCUT2D eigenvalue weighted by atomic mass is 10.2. The van der Waals surface area contributed by atoms with Gasteiger partial charge in [0.25, 0.3) is 0 Å². The van der Waals surface area contributed by atoms with E-state index in [2.05, 4.69) is 0 Å². The molecule has 0 amide bonds. The summed E-state index contributed by atoms with van der Waals surface area (Å²) in [6.07, 6.45) is 1.78. The molecule has 0 atom stereocenters. The van der Waals surface area contributed by atoms with Crippen LogP contribution in [0.3, 0.4) is 0 Å². The van der Waals surface area contributed by atoms with Gasteiger partial charge in [0.2, 0.25) is 0 Å². The molecule has 1 aromatic carbocycles. The standard InChI is InChI=1S/C18H12ClFO2S2/c19-15-5-1-6-16(20)14(15)11-22-18(21)13(17-7-3-9-24-17)10-12-4-2-8-23-12/h1-10H,11H2/b13-10+. The molecule has 3 rings (SSSR count). The Kier molecular flexibility index (Phi) is 5.45. The van der Waals surface area contributed by atoms with Gasteiger partial charge in [-0.05, 0) is 41.1 Å². The number of benzene rings is 1. The zero-order chi connectivity index (χ0) is 16.9. The van der Waals surface area contributed by atoms with Gasteiger partial charge >= 0.3 is 5.97 Å². The maximum Gasteiger partial charge on any atom is 0.339 e. The molecule has 0 fully saturated rings. The van der Waals surface area contributed by atoms with Crippen LogP contribution >= 0.6 is 34.3 Å². The second-order valence-corrected chi connectivity index (χ2v) is 7.16. The van der Waals surface area contributed by atoms with Crippen molar-refractivity contribution >= 4 is 51.9 Å². The lowest BCUT2D eigenvalue weighted by molar-refractivity contribution is -0.137. The number of hydrogen-bond donors (Lipinski definition) is 0. The smallest absolute Gasteiger partial charge is 0.339 e. The number of carbonyl (C=O) groups excluding carboxylic acids is 1. The minimum Gasteiger partial charge on any atom is -0.457 e. The van der Waals surface area contributed by atoms with Crippen LogP contribution < -0.4 is 0 Å². The molecule has 2 aromatic heterocycles. The third kappa shape index (κ3) is 3.93. The van der Waals surface area contributed by atoms with E-state index >= 15 is 0 Å². The molecule has 0 saturated heterocycles. The molecule has 0 spiro atoms. The number of ether oxygens (including phenoxy) is 1. The van der Waals surface area contributed by atoms with Gasteiger partial charge < -0.3 is 4.74 Å². The normalized spacial score (nSPS) is 11.5. The quantitative estimate of drug-likeness (QED) is 0.409. The molecule has 3 aromatic rings. The van der Waals surface area contributed by atoms with Gasteiger partial charge in [0.1, 0.15) is 12.4 Å². The first-order valence-electron chi connectivity index (χ1n) is 7.04. The van der Waals surface area contributed by atoms with E-state index in [1.54, 1.807) is 12.1 Å². The highest BCUT2D eigenvalue weighted by atomic mass is 35.5. The molecule has 0 saturated carbocycles. The van der Waals surface area contributed by atoms with Gasteiger partial charge in [-0.3, -0.25) is 0 Å². The summed E-state index contributed by atoms with van der Waals surface area (Å²) in [6, 6.07) is 11.9. The van der Waals surface area contributed by atoms with Gasteiger partial charge in [-0.1, -0.05) is 29.8 Å². The predicted molar refractivity (Wildman–Crippen MR) is 97.7 cm³/mol. The van der Waals surface area contributed by atoms with Crippen LogP contribution in [0.4, 0.5) is 4.39 Å². The van der Waals surface area contributed by atoms with Crippen molar-refractivity contribution in [3.05, 3.63) is 79.4 Å². The molecule has 0 aliphatic rings. The van der Waals surface area contributed by atoms with Crippen molar-refractivity contribution in [2.75, 3.05) is 0 Å². The average molecular weight is 379 g/mol. The second kappa shape index (κ2) is 7.75.